The van der Waals surface area contributed by atoms with Gasteiger partial charge in [0.2, 0.25) is 0 Å². The fraction of sp³-hybridized carbons (Fsp3) is 0.889. The number of carboxylic acids is 1. The third-order valence-corrected chi connectivity index (χ3v) is 2.80. The molecular formula is C9H16O9. The van der Waals surface area contributed by atoms with Crippen molar-refractivity contribution in [2.75, 3.05) is 6.61 Å². The van der Waals surface area contributed by atoms with E-state index in [9.17, 15) is 30.3 Å². The second-order valence-corrected chi connectivity index (χ2v) is 4.17. The number of aliphatic carboxylic acids is 1. The zero-order valence-electron chi connectivity index (χ0n) is 9.25. The number of carboxylic acid groups (broad SMARTS) is 1. The zero-order valence-corrected chi connectivity index (χ0v) is 9.25. The Bertz CT molecular complexity index is 308. The molecule has 0 aromatic rings. The topological polar surface area (TPSA) is 168 Å². The van der Waals surface area contributed by atoms with Crippen molar-refractivity contribution in [1.82, 2.24) is 0 Å². The monoisotopic (exact) mass is 268 g/mol. The number of ether oxygens (including phenoxy) is 1. The molecule has 0 aromatic heterocycles. The van der Waals surface area contributed by atoms with Crippen molar-refractivity contribution in [3.8, 4) is 0 Å². The summed E-state index contributed by atoms with van der Waals surface area (Å²) in [6.45, 7) is -0.866. The van der Waals surface area contributed by atoms with E-state index < -0.39 is 55.3 Å². The molecule has 9 nitrogen and oxygen atoms in total. The van der Waals surface area contributed by atoms with E-state index in [-0.39, 0.29) is 0 Å². The Kier molecular flexibility index (Phi) is 4.61. The van der Waals surface area contributed by atoms with Gasteiger partial charge in [0.1, 0.15) is 24.4 Å². The lowest BCUT2D eigenvalue weighted by Crippen LogP contribution is -2.63. The molecule has 1 unspecified atom stereocenters. The first kappa shape index (κ1) is 15.2. The average Bonchev–Trinajstić information content (AvgIpc) is 2.31. The highest BCUT2D eigenvalue weighted by Crippen LogP contribution is 2.30. The summed E-state index contributed by atoms with van der Waals surface area (Å²) in [6, 6.07) is 0. The van der Waals surface area contributed by atoms with Crippen LogP contribution in [-0.4, -0.2) is 84.6 Å². The molecule has 0 radical (unpaired) electrons. The molecule has 0 spiro atoms. The van der Waals surface area contributed by atoms with Gasteiger partial charge in [0.05, 0.1) is 12.7 Å². The summed E-state index contributed by atoms with van der Waals surface area (Å²) in [6.07, 6.45) is -9.50. The van der Waals surface area contributed by atoms with Crippen molar-refractivity contribution in [3.63, 3.8) is 0 Å². The highest BCUT2D eigenvalue weighted by atomic mass is 16.7. The number of carbonyl (C=O) groups is 1. The molecule has 1 heterocycles. The lowest BCUT2D eigenvalue weighted by Gasteiger charge is -2.42. The molecule has 1 rings (SSSR count). The van der Waals surface area contributed by atoms with Gasteiger partial charge in [-0.15, -0.1) is 0 Å². The zero-order chi connectivity index (χ0) is 14.1. The number of aliphatic hydroxyl groups excluding tert-OH is 5. The first-order valence-electron chi connectivity index (χ1n) is 5.19. The molecule has 1 saturated heterocycles. The molecule has 1 aliphatic heterocycles. The molecule has 0 aliphatic carbocycles. The van der Waals surface area contributed by atoms with Crippen LogP contribution in [0, 0.1) is 0 Å². The Labute approximate surface area is 101 Å². The highest BCUT2D eigenvalue weighted by molar-refractivity contribution is 5.75. The predicted octanol–water partition coefficient (Wildman–Crippen LogP) is -4.02. The number of hydrogen-bond donors (Lipinski definition) is 7. The van der Waals surface area contributed by atoms with Gasteiger partial charge in [-0.05, 0) is 0 Å². The second-order valence-electron chi connectivity index (χ2n) is 4.17. The van der Waals surface area contributed by atoms with Crippen molar-refractivity contribution in [3.05, 3.63) is 0 Å². The van der Waals surface area contributed by atoms with Crippen LogP contribution in [0.25, 0.3) is 0 Å². The van der Waals surface area contributed by atoms with E-state index in [1.54, 1.807) is 0 Å². The standard InChI is InChI=1S/C9H16O9/c10-2-4(12)6(14)7-5(13)3(11)1-9(17,18-7)8(15)16/h3-7,10-14,17H,1-2H2,(H,15,16)/t3-,4+,5+,6-,7?,9-/m1/s1. The smallest absolute Gasteiger partial charge is 0.364 e. The molecule has 9 heteroatoms. The van der Waals surface area contributed by atoms with Crippen molar-refractivity contribution >= 4 is 5.97 Å². The third-order valence-electron chi connectivity index (χ3n) is 2.80. The van der Waals surface area contributed by atoms with Crippen molar-refractivity contribution in [2.24, 2.45) is 0 Å². The van der Waals surface area contributed by atoms with Crippen LogP contribution in [-0.2, 0) is 9.53 Å². The third kappa shape index (κ3) is 2.78. The Balaban J connectivity index is 2.92. The van der Waals surface area contributed by atoms with Gasteiger partial charge in [-0.3, -0.25) is 0 Å². The Morgan fingerprint density at radius 1 is 1.39 bits per heavy atom. The van der Waals surface area contributed by atoms with Crippen LogP contribution in [0.5, 0.6) is 0 Å². The fourth-order valence-corrected chi connectivity index (χ4v) is 1.70. The van der Waals surface area contributed by atoms with E-state index in [1.165, 1.54) is 0 Å². The van der Waals surface area contributed by atoms with Gasteiger partial charge >= 0.3 is 5.97 Å². The predicted molar refractivity (Wildman–Crippen MR) is 53.2 cm³/mol. The molecule has 106 valence electrons. The van der Waals surface area contributed by atoms with Crippen molar-refractivity contribution < 1.29 is 45.3 Å². The molecule has 18 heavy (non-hydrogen) atoms. The second kappa shape index (κ2) is 5.45. The first-order valence-corrected chi connectivity index (χ1v) is 5.19. The maximum Gasteiger partial charge on any atom is 0.364 e. The van der Waals surface area contributed by atoms with Gasteiger partial charge in [0, 0.05) is 6.42 Å². The molecule has 0 saturated carbocycles. The van der Waals surface area contributed by atoms with Gasteiger partial charge in [0.15, 0.2) is 0 Å². The van der Waals surface area contributed by atoms with E-state index in [4.69, 9.17) is 10.2 Å². The lowest BCUT2D eigenvalue weighted by molar-refractivity contribution is -0.312. The molecule has 0 aromatic carbocycles. The van der Waals surface area contributed by atoms with Gasteiger partial charge < -0.3 is 40.5 Å². The summed E-state index contributed by atoms with van der Waals surface area (Å²) in [5.74, 6) is -4.58. The minimum atomic E-state index is -2.78. The number of aliphatic hydroxyl groups is 6. The molecule has 1 fully saturated rings. The van der Waals surface area contributed by atoms with Crippen LogP contribution in [0.2, 0.25) is 0 Å². The Morgan fingerprint density at radius 3 is 2.39 bits per heavy atom. The lowest BCUT2D eigenvalue weighted by atomic mass is 9.91. The molecule has 0 amide bonds. The quantitative estimate of drug-likeness (QED) is 0.268. The molecule has 6 atom stereocenters. The Hall–Kier alpha value is -0.810. The largest absolute Gasteiger partial charge is 0.477 e. The minimum absolute atomic E-state index is 0.790. The summed E-state index contributed by atoms with van der Waals surface area (Å²) in [5, 5.41) is 64.6. The summed E-state index contributed by atoms with van der Waals surface area (Å²) in [5.41, 5.74) is 0. The van der Waals surface area contributed by atoms with Crippen molar-refractivity contribution in [1.29, 1.82) is 0 Å². The maximum absolute atomic E-state index is 10.8. The summed E-state index contributed by atoms with van der Waals surface area (Å²) in [7, 11) is 0. The van der Waals surface area contributed by atoms with Crippen LogP contribution in [0.15, 0.2) is 0 Å². The summed E-state index contributed by atoms with van der Waals surface area (Å²) >= 11 is 0. The van der Waals surface area contributed by atoms with E-state index in [2.05, 4.69) is 4.74 Å². The van der Waals surface area contributed by atoms with Gasteiger partial charge in [-0.2, -0.15) is 0 Å². The van der Waals surface area contributed by atoms with Crippen LogP contribution in [0.4, 0.5) is 0 Å². The highest BCUT2D eigenvalue weighted by Gasteiger charge is 2.53. The van der Waals surface area contributed by atoms with Crippen LogP contribution in [0.1, 0.15) is 6.42 Å². The van der Waals surface area contributed by atoms with E-state index >= 15 is 0 Å². The number of hydrogen-bond acceptors (Lipinski definition) is 8. The molecular weight excluding hydrogens is 252 g/mol. The first-order chi connectivity index (χ1) is 8.23. The normalized spacial score (nSPS) is 40.2. The van der Waals surface area contributed by atoms with Crippen LogP contribution in [0.3, 0.4) is 0 Å². The van der Waals surface area contributed by atoms with Crippen LogP contribution < -0.4 is 0 Å². The Morgan fingerprint density at radius 2 is 1.94 bits per heavy atom. The number of rotatable bonds is 4. The van der Waals surface area contributed by atoms with Gasteiger partial charge in [-0.25, -0.2) is 4.79 Å². The average molecular weight is 268 g/mol. The molecule has 0 bridgehead atoms. The molecule has 1 aliphatic rings. The van der Waals surface area contributed by atoms with E-state index in [1.807, 2.05) is 0 Å². The fourth-order valence-electron chi connectivity index (χ4n) is 1.70. The van der Waals surface area contributed by atoms with Gasteiger partial charge in [0.25, 0.3) is 5.79 Å². The van der Waals surface area contributed by atoms with Gasteiger partial charge in [-0.1, -0.05) is 0 Å². The van der Waals surface area contributed by atoms with E-state index in [0.29, 0.717) is 0 Å². The minimum Gasteiger partial charge on any atom is -0.477 e. The SMILES string of the molecule is O=C(O)[C@@]1(O)C[C@@H](O)[C@H](O)C([C@H](O)[C@@H](O)CO)O1. The van der Waals surface area contributed by atoms with Crippen molar-refractivity contribution in [2.45, 2.75) is 42.7 Å². The molecule has 7 N–H and O–H groups in total. The summed E-state index contributed by atoms with van der Waals surface area (Å²) in [4.78, 5) is 10.8. The maximum atomic E-state index is 10.8. The van der Waals surface area contributed by atoms with E-state index in [0.717, 1.165) is 0 Å². The summed E-state index contributed by atoms with van der Waals surface area (Å²) < 4.78 is 4.63. The van der Waals surface area contributed by atoms with Crippen LogP contribution >= 0.6 is 0 Å².